The van der Waals surface area contributed by atoms with Crippen LogP contribution in [-0.4, -0.2) is 34.5 Å². The number of hydrogen-bond donors (Lipinski definition) is 2. The summed E-state index contributed by atoms with van der Waals surface area (Å²) in [6.45, 7) is 3.08. The number of nitrogens with one attached hydrogen (secondary N) is 2. The highest BCUT2D eigenvalue weighted by molar-refractivity contribution is 5.93. The van der Waals surface area contributed by atoms with Crippen LogP contribution in [0.4, 0.5) is 0 Å². The summed E-state index contributed by atoms with van der Waals surface area (Å²) in [6.07, 6.45) is 6.44. The molecule has 5 heteroatoms. The molecule has 1 fully saturated rings. The Balaban J connectivity index is 1.92. The third-order valence-corrected chi connectivity index (χ3v) is 2.78. The van der Waals surface area contributed by atoms with E-state index in [0.717, 1.165) is 19.4 Å². The first-order valence-electron chi connectivity index (χ1n) is 5.55. The second kappa shape index (κ2) is 5.03. The van der Waals surface area contributed by atoms with Crippen LogP contribution >= 0.6 is 0 Å². The number of hydrogen-bond acceptors (Lipinski definition) is 4. The summed E-state index contributed by atoms with van der Waals surface area (Å²) in [5.74, 6) is -0.0836. The third kappa shape index (κ3) is 2.76. The topological polar surface area (TPSA) is 66.9 Å². The van der Waals surface area contributed by atoms with Crippen molar-refractivity contribution in [2.45, 2.75) is 31.8 Å². The zero-order valence-corrected chi connectivity index (χ0v) is 9.31. The Morgan fingerprint density at radius 2 is 2.25 bits per heavy atom. The maximum atomic E-state index is 11.8. The fourth-order valence-corrected chi connectivity index (χ4v) is 1.95. The van der Waals surface area contributed by atoms with Crippen molar-refractivity contribution in [2.75, 3.05) is 6.54 Å². The molecule has 1 aromatic heterocycles. The second-order valence-corrected chi connectivity index (χ2v) is 4.18. The molecule has 2 N–H and O–H groups in total. The molecular weight excluding hydrogens is 204 g/mol. The van der Waals surface area contributed by atoms with Crippen molar-refractivity contribution in [3.63, 3.8) is 0 Å². The molecule has 0 aromatic carbocycles. The minimum atomic E-state index is -0.0836. The second-order valence-electron chi connectivity index (χ2n) is 4.18. The van der Waals surface area contributed by atoms with Crippen LogP contribution < -0.4 is 10.6 Å². The summed E-state index contributed by atoms with van der Waals surface area (Å²) in [6, 6.07) is 0.718. The molecule has 1 saturated heterocycles. The molecule has 0 bridgehead atoms. The van der Waals surface area contributed by atoms with E-state index >= 15 is 0 Å². The van der Waals surface area contributed by atoms with E-state index in [9.17, 15) is 4.79 Å². The molecular formula is C11H16N4O. The molecule has 1 aliphatic rings. The van der Waals surface area contributed by atoms with Gasteiger partial charge in [-0.2, -0.15) is 0 Å². The number of amides is 1. The van der Waals surface area contributed by atoms with Crippen LogP contribution in [0.25, 0.3) is 0 Å². The molecule has 2 rings (SSSR count). The van der Waals surface area contributed by atoms with Crippen molar-refractivity contribution in [2.24, 2.45) is 0 Å². The zero-order chi connectivity index (χ0) is 11.4. The van der Waals surface area contributed by atoms with E-state index in [-0.39, 0.29) is 11.9 Å². The smallest absolute Gasteiger partial charge is 0.254 e. The molecule has 0 saturated carbocycles. The lowest BCUT2D eigenvalue weighted by Gasteiger charge is -2.28. The van der Waals surface area contributed by atoms with E-state index in [4.69, 9.17) is 0 Å². The van der Waals surface area contributed by atoms with Crippen LogP contribution in [0.5, 0.6) is 0 Å². The molecule has 1 amide bonds. The SMILES string of the molecule is CC1CC(NC(=O)c2cncnc2)CCN1. The van der Waals surface area contributed by atoms with Crippen LogP contribution in [0.1, 0.15) is 30.1 Å². The van der Waals surface area contributed by atoms with E-state index < -0.39 is 0 Å². The standard InChI is InChI=1S/C11H16N4O/c1-8-4-10(2-3-14-8)15-11(16)9-5-12-7-13-6-9/h5-8,10,14H,2-4H2,1H3,(H,15,16). The van der Waals surface area contributed by atoms with Crippen LogP contribution in [0.2, 0.25) is 0 Å². The first kappa shape index (κ1) is 11.0. The van der Waals surface area contributed by atoms with Gasteiger partial charge in [-0.05, 0) is 26.3 Å². The van der Waals surface area contributed by atoms with Crippen LogP contribution in [0.15, 0.2) is 18.7 Å². The zero-order valence-electron chi connectivity index (χ0n) is 9.31. The van der Waals surface area contributed by atoms with Gasteiger partial charge in [-0.25, -0.2) is 9.97 Å². The highest BCUT2D eigenvalue weighted by Gasteiger charge is 2.20. The van der Waals surface area contributed by atoms with Gasteiger partial charge in [0.25, 0.3) is 5.91 Å². The number of carbonyl (C=O) groups excluding carboxylic acids is 1. The first-order valence-corrected chi connectivity index (χ1v) is 5.55. The van der Waals surface area contributed by atoms with E-state index in [2.05, 4.69) is 27.5 Å². The van der Waals surface area contributed by atoms with Gasteiger partial charge in [0.1, 0.15) is 6.33 Å². The number of piperidine rings is 1. The fourth-order valence-electron chi connectivity index (χ4n) is 1.95. The van der Waals surface area contributed by atoms with Crippen LogP contribution in [-0.2, 0) is 0 Å². The van der Waals surface area contributed by atoms with E-state index in [1.165, 1.54) is 18.7 Å². The molecule has 2 heterocycles. The van der Waals surface area contributed by atoms with Gasteiger partial charge >= 0.3 is 0 Å². The van der Waals surface area contributed by atoms with E-state index in [1.54, 1.807) is 0 Å². The largest absolute Gasteiger partial charge is 0.349 e. The summed E-state index contributed by atoms with van der Waals surface area (Å²) in [4.78, 5) is 19.5. The van der Waals surface area contributed by atoms with Crippen molar-refractivity contribution < 1.29 is 4.79 Å². The number of aromatic nitrogens is 2. The normalized spacial score (nSPS) is 25.1. The summed E-state index contributed by atoms with van der Waals surface area (Å²) in [7, 11) is 0. The predicted octanol–water partition coefficient (Wildman–Crippen LogP) is 0.347. The molecule has 16 heavy (non-hydrogen) atoms. The predicted molar refractivity (Wildman–Crippen MR) is 60.0 cm³/mol. The van der Waals surface area contributed by atoms with Gasteiger partial charge in [0.15, 0.2) is 0 Å². The van der Waals surface area contributed by atoms with Gasteiger partial charge in [0.2, 0.25) is 0 Å². The highest BCUT2D eigenvalue weighted by atomic mass is 16.1. The molecule has 1 aromatic rings. The molecule has 2 atom stereocenters. The van der Waals surface area contributed by atoms with Gasteiger partial charge in [-0.1, -0.05) is 0 Å². The van der Waals surface area contributed by atoms with Gasteiger partial charge in [0.05, 0.1) is 5.56 Å². The average molecular weight is 220 g/mol. The van der Waals surface area contributed by atoms with Gasteiger partial charge in [-0.15, -0.1) is 0 Å². The molecule has 5 nitrogen and oxygen atoms in total. The Kier molecular flexibility index (Phi) is 3.46. The summed E-state index contributed by atoms with van der Waals surface area (Å²) >= 11 is 0. The maximum absolute atomic E-state index is 11.8. The van der Waals surface area contributed by atoms with Crippen LogP contribution in [0, 0.1) is 0 Å². The minimum absolute atomic E-state index is 0.0836. The average Bonchev–Trinajstić information content (AvgIpc) is 2.30. The van der Waals surface area contributed by atoms with Crippen molar-refractivity contribution in [1.82, 2.24) is 20.6 Å². The van der Waals surface area contributed by atoms with Crippen molar-refractivity contribution >= 4 is 5.91 Å². The summed E-state index contributed by atoms with van der Waals surface area (Å²) in [5.41, 5.74) is 0.522. The summed E-state index contributed by atoms with van der Waals surface area (Å²) < 4.78 is 0. The monoisotopic (exact) mass is 220 g/mol. The molecule has 0 spiro atoms. The Bertz CT molecular complexity index is 354. The first-order chi connectivity index (χ1) is 7.75. The lowest BCUT2D eigenvalue weighted by Crippen LogP contribution is -2.46. The Hall–Kier alpha value is -1.49. The fraction of sp³-hybridized carbons (Fsp3) is 0.545. The maximum Gasteiger partial charge on any atom is 0.254 e. The highest BCUT2D eigenvalue weighted by Crippen LogP contribution is 2.08. The Morgan fingerprint density at radius 3 is 2.94 bits per heavy atom. The lowest BCUT2D eigenvalue weighted by molar-refractivity contribution is 0.0925. The number of carbonyl (C=O) groups is 1. The number of nitrogens with zero attached hydrogens (tertiary/aromatic N) is 2. The molecule has 0 aliphatic carbocycles. The van der Waals surface area contributed by atoms with Gasteiger partial charge < -0.3 is 10.6 Å². The minimum Gasteiger partial charge on any atom is -0.349 e. The Labute approximate surface area is 94.7 Å². The van der Waals surface area contributed by atoms with Crippen molar-refractivity contribution in [1.29, 1.82) is 0 Å². The Morgan fingerprint density at radius 1 is 1.50 bits per heavy atom. The van der Waals surface area contributed by atoms with Gasteiger partial charge in [-0.3, -0.25) is 4.79 Å². The van der Waals surface area contributed by atoms with Crippen molar-refractivity contribution in [3.05, 3.63) is 24.3 Å². The lowest BCUT2D eigenvalue weighted by atomic mass is 10.0. The molecule has 1 aliphatic heterocycles. The quantitative estimate of drug-likeness (QED) is 0.754. The summed E-state index contributed by atoms with van der Waals surface area (Å²) in [5, 5.41) is 6.36. The molecule has 0 radical (unpaired) electrons. The van der Waals surface area contributed by atoms with Crippen LogP contribution in [0.3, 0.4) is 0 Å². The van der Waals surface area contributed by atoms with E-state index in [1.807, 2.05) is 0 Å². The van der Waals surface area contributed by atoms with Gasteiger partial charge in [0, 0.05) is 24.5 Å². The third-order valence-electron chi connectivity index (χ3n) is 2.78. The molecule has 2 unspecified atom stereocenters. The number of rotatable bonds is 2. The molecule has 86 valence electrons. The van der Waals surface area contributed by atoms with E-state index in [0.29, 0.717) is 11.6 Å². The van der Waals surface area contributed by atoms with Crippen molar-refractivity contribution in [3.8, 4) is 0 Å².